The Bertz CT molecular complexity index is 720. The van der Waals surface area contributed by atoms with E-state index in [4.69, 9.17) is 23.2 Å². The highest BCUT2D eigenvalue weighted by molar-refractivity contribution is 7.89. The summed E-state index contributed by atoms with van der Waals surface area (Å²) in [7, 11) is -3.70. The second kappa shape index (κ2) is 5.89. The number of hydrogen-bond acceptors (Lipinski definition) is 3. The van der Waals surface area contributed by atoms with Crippen molar-refractivity contribution in [2.45, 2.75) is 30.3 Å². The molecule has 1 heterocycles. The van der Waals surface area contributed by atoms with E-state index in [0.717, 1.165) is 18.4 Å². The molecule has 7 heteroatoms. The van der Waals surface area contributed by atoms with Gasteiger partial charge < -0.3 is 0 Å². The molecule has 0 amide bonds. The summed E-state index contributed by atoms with van der Waals surface area (Å²) in [5, 5.41) is 4.23. The smallest absolute Gasteiger partial charge is 0.207 e. The Hall–Kier alpha value is -0.590. The number of sulfonamides is 1. The Labute approximate surface area is 138 Å². The van der Waals surface area contributed by atoms with Crippen LogP contribution in [0.2, 0.25) is 10.0 Å². The lowest BCUT2D eigenvalue weighted by Gasteiger charge is -2.22. The quantitative estimate of drug-likeness (QED) is 0.790. The molecule has 0 unspecified atom stereocenters. The number of benzene rings is 1. The minimum absolute atomic E-state index is 0.00969. The lowest BCUT2D eigenvalue weighted by Crippen LogP contribution is -2.33. The Kier molecular flexibility index (Phi) is 4.30. The van der Waals surface area contributed by atoms with Gasteiger partial charge in [-0.3, -0.25) is 0 Å². The summed E-state index contributed by atoms with van der Waals surface area (Å²) in [6, 6.07) is 6.72. The van der Waals surface area contributed by atoms with Gasteiger partial charge in [-0.25, -0.2) is 8.42 Å². The molecular formula is C14H13Cl2NO2S2. The average molecular weight is 362 g/mol. The van der Waals surface area contributed by atoms with Crippen molar-refractivity contribution in [1.82, 2.24) is 4.31 Å². The molecule has 112 valence electrons. The molecule has 3 nitrogen and oxygen atoms in total. The van der Waals surface area contributed by atoms with Crippen LogP contribution in [0.15, 0.2) is 39.9 Å². The van der Waals surface area contributed by atoms with Gasteiger partial charge in [-0.1, -0.05) is 29.3 Å². The Balaban J connectivity index is 2.01. The number of thiophene rings is 1. The predicted octanol–water partition coefficient (Wildman–Crippen LogP) is 4.41. The standard InChI is InChI=1S/C14H13Cl2NO2S2/c15-12-2-1-3-13(16)14(12)21(18,19)17(11-4-5-11)8-10-6-7-20-9-10/h1-3,6-7,9,11H,4-5,8H2. The minimum Gasteiger partial charge on any atom is -0.207 e. The molecule has 0 N–H and O–H groups in total. The van der Waals surface area contributed by atoms with Crippen LogP contribution in [0.1, 0.15) is 18.4 Å². The summed E-state index contributed by atoms with van der Waals surface area (Å²) >= 11 is 13.7. The third-order valence-corrected chi connectivity index (χ3v) is 6.94. The van der Waals surface area contributed by atoms with Crippen LogP contribution >= 0.6 is 34.5 Å². The van der Waals surface area contributed by atoms with E-state index >= 15 is 0 Å². The van der Waals surface area contributed by atoms with Crippen molar-refractivity contribution in [3.05, 3.63) is 50.6 Å². The van der Waals surface area contributed by atoms with Gasteiger partial charge in [0.25, 0.3) is 0 Å². The molecule has 0 atom stereocenters. The third-order valence-electron chi connectivity index (χ3n) is 3.36. The second-order valence-corrected chi connectivity index (χ2v) is 8.39. The molecule has 0 spiro atoms. The highest BCUT2D eigenvalue weighted by atomic mass is 35.5. The van der Waals surface area contributed by atoms with Crippen LogP contribution in [0.3, 0.4) is 0 Å². The summed E-state index contributed by atoms with van der Waals surface area (Å²) < 4.78 is 27.4. The number of hydrogen-bond donors (Lipinski definition) is 0. The van der Waals surface area contributed by atoms with Crippen LogP contribution in [0.5, 0.6) is 0 Å². The van der Waals surface area contributed by atoms with Gasteiger partial charge in [0.15, 0.2) is 0 Å². The molecule has 0 bridgehead atoms. The maximum atomic E-state index is 12.9. The fraction of sp³-hybridized carbons (Fsp3) is 0.286. The highest BCUT2D eigenvalue weighted by Crippen LogP contribution is 2.38. The van der Waals surface area contributed by atoms with Crippen LogP contribution in [0, 0.1) is 0 Å². The van der Waals surface area contributed by atoms with Crippen LogP contribution in [0.4, 0.5) is 0 Å². The monoisotopic (exact) mass is 361 g/mol. The summed E-state index contributed by atoms with van der Waals surface area (Å²) in [5.74, 6) is 0. The van der Waals surface area contributed by atoms with Crippen molar-refractivity contribution in [2.24, 2.45) is 0 Å². The van der Waals surface area contributed by atoms with Gasteiger partial charge in [0.2, 0.25) is 10.0 Å². The Morgan fingerprint density at radius 1 is 1.19 bits per heavy atom. The molecule has 0 radical (unpaired) electrons. The lowest BCUT2D eigenvalue weighted by atomic mass is 10.3. The number of rotatable bonds is 5. The molecule has 1 aliphatic rings. The first kappa shape index (κ1) is 15.3. The zero-order chi connectivity index (χ0) is 15.0. The summed E-state index contributed by atoms with van der Waals surface area (Å²) in [4.78, 5) is 0.00969. The summed E-state index contributed by atoms with van der Waals surface area (Å²) in [6.07, 6.45) is 1.76. The zero-order valence-corrected chi connectivity index (χ0v) is 14.1. The van der Waals surface area contributed by atoms with Crippen molar-refractivity contribution in [2.75, 3.05) is 0 Å². The summed E-state index contributed by atoms with van der Waals surface area (Å²) in [5.41, 5.74) is 0.985. The van der Waals surface area contributed by atoms with Gasteiger partial charge in [0, 0.05) is 12.6 Å². The first-order valence-electron chi connectivity index (χ1n) is 6.47. The highest BCUT2D eigenvalue weighted by Gasteiger charge is 2.39. The van der Waals surface area contributed by atoms with Crippen molar-refractivity contribution in [3.63, 3.8) is 0 Å². The Morgan fingerprint density at radius 2 is 1.86 bits per heavy atom. The summed E-state index contributed by atoms with van der Waals surface area (Å²) in [6.45, 7) is 0.359. The van der Waals surface area contributed by atoms with Crippen LogP contribution < -0.4 is 0 Å². The SMILES string of the molecule is O=S(=O)(c1c(Cl)cccc1Cl)N(Cc1ccsc1)C1CC1. The third kappa shape index (κ3) is 3.12. The molecule has 1 saturated carbocycles. The van der Waals surface area contributed by atoms with E-state index in [1.54, 1.807) is 29.5 Å². The number of nitrogens with zero attached hydrogens (tertiary/aromatic N) is 1. The normalized spacial score (nSPS) is 15.6. The van der Waals surface area contributed by atoms with Gasteiger partial charge in [-0.05, 0) is 47.4 Å². The average Bonchev–Trinajstić information content (AvgIpc) is 3.11. The van der Waals surface area contributed by atoms with E-state index in [-0.39, 0.29) is 21.0 Å². The van der Waals surface area contributed by atoms with Crippen LogP contribution in [0.25, 0.3) is 0 Å². The van der Waals surface area contributed by atoms with Crippen LogP contribution in [-0.4, -0.2) is 18.8 Å². The number of halogens is 2. The second-order valence-electron chi connectivity index (χ2n) is 4.96. The van der Waals surface area contributed by atoms with E-state index < -0.39 is 10.0 Å². The zero-order valence-electron chi connectivity index (χ0n) is 11.0. The van der Waals surface area contributed by atoms with Crippen molar-refractivity contribution in [1.29, 1.82) is 0 Å². The van der Waals surface area contributed by atoms with Crippen molar-refractivity contribution < 1.29 is 8.42 Å². The van der Waals surface area contributed by atoms with Gasteiger partial charge in [0.1, 0.15) is 4.90 Å². The van der Waals surface area contributed by atoms with Gasteiger partial charge in [-0.2, -0.15) is 15.6 Å². The van der Waals surface area contributed by atoms with Crippen molar-refractivity contribution >= 4 is 44.6 Å². The predicted molar refractivity (Wildman–Crippen MR) is 86.5 cm³/mol. The molecule has 0 aliphatic heterocycles. The van der Waals surface area contributed by atoms with Crippen molar-refractivity contribution in [3.8, 4) is 0 Å². The van der Waals surface area contributed by atoms with E-state index in [2.05, 4.69) is 0 Å². The molecule has 21 heavy (non-hydrogen) atoms. The topological polar surface area (TPSA) is 37.4 Å². The van der Waals surface area contributed by atoms with E-state index in [1.807, 2.05) is 16.8 Å². The first-order chi connectivity index (χ1) is 10.00. The fourth-order valence-electron chi connectivity index (χ4n) is 2.18. The van der Waals surface area contributed by atoms with Gasteiger partial charge in [-0.15, -0.1) is 0 Å². The lowest BCUT2D eigenvalue weighted by molar-refractivity contribution is 0.399. The minimum atomic E-state index is -3.70. The maximum absolute atomic E-state index is 12.9. The molecule has 1 fully saturated rings. The molecule has 1 aromatic carbocycles. The maximum Gasteiger partial charge on any atom is 0.246 e. The molecule has 2 aromatic rings. The molecule has 3 rings (SSSR count). The van der Waals surface area contributed by atoms with E-state index in [1.165, 1.54) is 4.31 Å². The fourth-order valence-corrected chi connectivity index (χ4v) is 5.61. The Morgan fingerprint density at radius 3 is 2.38 bits per heavy atom. The van der Waals surface area contributed by atoms with Gasteiger partial charge in [0.05, 0.1) is 10.0 Å². The molecule has 1 aliphatic carbocycles. The largest absolute Gasteiger partial charge is 0.246 e. The first-order valence-corrected chi connectivity index (χ1v) is 9.61. The molecule has 1 aromatic heterocycles. The molecular weight excluding hydrogens is 349 g/mol. The van der Waals surface area contributed by atoms with E-state index in [0.29, 0.717) is 6.54 Å². The van der Waals surface area contributed by atoms with Gasteiger partial charge >= 0.3 is 0 Å². The van der Waals surface area contributed by atoms with Crippen LogP contribution in [-0.2, 0) is 16.6 Å². The van der Waals surface area contributed by atoms with E-state index in [9.17, 15) is 8.42 Å². The molecule has 0 saturated heterocycles.